The topological polar surface area (TPSA) is 67.4 Å². The molecular weight excluding hydrogens is 316 g/mol. The number of carbonyl (C=O) groups is 2. The Morgan fingerprint density at radius 3 is 2.20 bits per heavy atom. The summed E-state index contributed by atoms with van der Waals surface area (Å²) in [5, 5.41) is 6.46. The number of esters is 1. The Kier molecular flexibility index (Phi) is 6.22. The molecule has 5 nitrogen and oxygen atoms in total. The van der Waals surface area contributed by atoms with E-state index in [1.165, 1.54) is 7.11 Å². The first-order valence-electron chi connectivity index (χ1n) is 9.00. The minimum absolute atomic E-state index is 0.0375. The van der Waals surface area contributed by atoms with Crippen molar-refractivity contribution in [3.63, 3.8) is 0 Å². The maximum absolute atomic E-state index is 13.1. The van der Waals surface area contributed by atoms with E-state index in [9.17, 15) is 9.59 Å². The van der Waals surface area contributed by atoms with Crippen LogP contribution in [0.4, 0.5) is 0 Å². The number of methoxy groups -OCH3 is 1. The van der Waals surface area contributed by atoms with Gasteiger partial charge in [-0.25, -0.2) is 4.79 Å². The summed E-state index contributed by atoms with van der Waals surface area (Å²) in [6.07, 6.45) is 4.48. The highest BCUT2D eigenvalue weighted by Gasteiger charge is 2.43. The Morgan fingerprint density at radius 2 is 1.68 bits per heavy atom. The number of hydrogen-bond acceptors (Lipinski definition) is 4. The lowest BCUT2D eigenvalue weighted by atomic mass is 9.79. The Balaban J connectivity index is 2.32. The standard InChI is InChI=1S/C20H30N2O3/c1-19(2,3)22-18(24)20(13-9-6-10-14-20)21-16(17(23)25-4)15-11-7-5-8-12-15/h5,7-8,11-12,16,21H,6,9-10,13-14H2,1-4H3,(H,22,24). The molecule has 1 unspecified atom stereocenters. The van der Waals surface area contributed by atoms with Crippen LogP contribution < -0.4 is 10.6 Å². The van der Waals surface area contributed by atoms with Crippen LogP contribution in [0.25, 0.3) is 0 Å². The van der Waals surface area contributed by atoms with Crippen molar-refractivity contribution in [3.05, 3.63) is 35.9 Å². The average Bonchev–Trinajstić information content (AvgIpc) is 2.59. The van der Waals surface area contributed by atoms with Gasteiger partial charge in [0.05, 0.1) is 12.6 Å². The van der Waals surface area contributed by atoms with Gasteiger partial charge in [0.15, 0.2) is 0 Å². The average molecular weight is 346 g/mol. The molecule has 0 saturated heterocycles. The van der Waals surface area contributed by atoms with Crippen molar-refractivity contribution in [2.75, 3.05) is 7.11 Å². The van der Waals surface area contributed by atoms with Crippen molar-refractivity contribution in [3.8, 4) is 0 Å². The molecule has 0 spiro atoms. The fourth-order valence-electron chi connectivity index (χ4n) is 3.37. The fraction of sp³-hybridized carbons (Fsp3) is 0.600. The summed E-state index contributed by atoms with van der Waals surface area (Å²) in [6.45, 7) is 5.91. The van der Waals surface area contributed by atoms with Crippen LogP contribution in [0.3, 0.4) is 0 Å². The van der Waals surface area contributed by atoms with E-state index in [2.05, 4.69) is 10.6 Å². The smallest absolute Gasteiger partial charge is 0.327 e. The molecule has 0 bridgehead atoms. The summed E-state index contributed by atoms with van der Waals surface area (Å²) in [5.41, 5.74) is -0.264. The second-order valence-electron chi connectivity index (χ2n) is 7.86. The monoisotopic (exact) mass is 346 g/mol. The van der Waals surface area contributed by atoms with Gasteiger partial charge >= 0.3 is 5.97 Å². The largest absolute Gasteiger partial charge is 0.468 e. The van der Waals surface area contributed by atoms with Gasteiger partial charge in [-0.3, -0.25) is 10.1 Å². The first-order chi connectivity index (χ1) is 11.8. The summed E-state index contributed by atoms with van der Waals surface area (Å²) >= 11 is 0. The highest BCUT2D eigenvalue weighted by molar-refractivity contribution is 5.88. The molecule has 1 aliphatic carbocycles. The number of nitrogens with one attached hydrogen (secondary N) is 2. The van der Waals surface area contributed by atoms with Crippen molar-refractivity contribution < 1.29 is 14.3 Å². The molecule has 0 radical (unpaired) electrons. The highest BCUT2D eigenvalue weighted by atomic mass is 16.5. The Morgan fingerprint density at radius 1 is 1.08 bits per heavy atom. The third kappa shape index (κ3) is 5.05. The number of benzene rings is 1. The van der Waals surface area contributed by atoms with E-state index in [1.54, 1.807) is 0 Å². The van der Waals surface area contributed by atoms with Gasteiger partial charge in [-0.2, -0.15) is 0 Å². The fourth-order valence-corrected chi connectivity index (χ4v) is 3.37. The third-order valence-corrected chi connectivity index (χ3v) is 4.62. The minimum atomic E-state index is -0.750. The molecule has 0 heterocycles. The number of amides is 1. The van der Waals surface area contributed by atoms with Gasteiger partial charge in [-0.15, -0.1) is 0 Å². The summed E-state index contributed by atoms with van der Waals surface area (Å²) in [6, 6.07) is 8.78. The van der Waals surface area contributed by atoms with Crippen LogP contribution in [0.2, 0.25) is 0 Å². The lowest BCUT2D eigenvalue weighted by molar-refractivity contribution is -0.145. The number of ether oxygens (including phenoxy) is 1. The van der Waals surface area contributed by atoms with E-state index in [4.69, 9.17) is 4.74 Å². The summed E-state index contributed by atoms with van der Waals surface area (Å²) < 4.78 is 5.00. The zero-order chi connectivity index (χ0) is 18.5. The molecule has 2 N–H and O–H groups in total. The van der Waals surface area contributed by atoms with Crippen molar-refractivity contribution in [2.45, 2.75) is 70.0 Å². The molecule has 1 saturated carbocycles. The van der Waals surface area contributed by atoms with Crippen molar-refractivity contribution in [1.82, 2.24) is 10.6 Å². The molecule has 1 aromatic carbocycles. The van der Waals surface area contributed by atoms with E-state index in [-0.39, 0.29) is 17.4 Å². The molecule has 1 aromatic rings. The van der Waals surface area contributed by atoms with Crippen LogP contribution in [-0.2, 0) is 14.3 Å². The Bertz CT molecular complexity index is 587. The maximum atomic E-state index is 13.1. The van der Waals surface area contributed by atoms with Gasteiger partial charge in [0, 0.05) is 5.54 Å². The molecule has 1 aliphatic rings. The van der Waals surface area contributed by atoms with Crippen molar-refractivity contribution in [1.29, 1.82) is 0 Å². The van der Waals surface area contributed by atoms with E-state index < -0.39 is 11.6 Å². The van der Waals surface area contributed by atoms with Crippen LogP contribution >= 0.6 is 0 Å². The lowest BCUT2D eigenvalue weighted by Crippen LogP contribution is -2.62. The first kappa shape index (κ1) is 19.4. The number of rotatable bonds is 5. The number of hydrogen-bond donors (Lipinski definition) is 2. The summed E-state index contributed by atoms with van der Waals surface area (Å²) in [4.78, 5) is 25.5. The van der Waals surface area contributed by atoms with Crippen LogP contribution in [0, 0.1) is 0 Å². The van der Waals surface area contributed by atoms with E-state index in [0.29, 0.717) is 0 Å². The molecule has 1 amide bonds. The summed E-state index contributed by atoms with van der Waals surface area (Å²) in [5.74, 6) is -0.413. The van der Waals surface area contributed by atoms with E-state index >= 15 is 0 Å². The van der Waals surface area contributed by atoms with E-state index in [0.717, 1.165) is 37.7 Å². The third-order valence-electron chi connectivity index (χ3n) is 4.62. The molecule has 5 heteroatoms. The van der Waals surface area contributed by atoms with Crippen LogP contribution in [0.1, 0.15) is 64.5 Å². The van der Waals surface area contributed by atoms with E-state index in [1.807, 2.05) is 51.1 Å². The molecule has 1 fully saturated rings. The lowest BCUT2D eigenvalue weighted by Gasteiger charge is -2.41. The predicted octanol–water partition coefficient (Wildman–Crippen LogP) is 3.11. The predicted molar refractivity (Wildman–Crippen MR) is 98.0 cm³/mol. The number of carbonyl (C=O) groups excluding carboxylic acids is 2. The van der Waals surface area contributed by atoms with Crippen LogP contribution in [-0.4, -0.2) is 30.1 Å². The maximum Gasteiger partial charge on any atom is 0.327 e. The molecule has 2 rings (SSSR count). The summed E-state index contributed by atoms with van der Waals surface area (Å²) in [7, 11) is 1.38. The molecule has 0 aliphatic heterocycles. The van der Waals surface area contributed by atoms with Gasteiger partial charge in [0.2, 0.25) is 5.91 Å². The van der Waals surface area contributed by atoms with Crippen molar-refractivity contribution in [2.24, 2.45) is 0 Å². The minimum Gasteiger partial charge on any atom is -0.468 e. The second-order valence-corrected chi connectivity index (χ2v) is 7.86. The SMILES string of the molecule is COC(=O)C(NC1(C(=O)NC(C)(C)C)CCCCC1)c1ccccc1. The zero-order valence-corrected chi connectivity index (χ0v) is 15.7. The van der Waals surface area contributed by atoms with Gasteiger partial charge in [-0.05, 0) is 39.2 Å². The molecular formula is C20H30N2O3. The molecule has 25 heavy (non-hydrogen) atoms. The van der Waals surface area contributed by atoms with Crippen LogP contribution in [0.15, 0.2) is 30.3 Å². The molecule has 0 aromatic heterocycles. The van der Waals surface area contributed by atoms with Gasteiger partial charge in [0.1, 0.15) is 6.04 Å². The second kappa shape index (κ2) is 8.00. The zero-order valence-electron chi connectivity index (χ0n) is 15.7. The van der Waals surface area contributed by atoms with Gasteiger partial charge in [0.25, 0.3) is 0 Å². The van der Waals surface area contributed by atoms with Crippen LogP contribution in [0.5, 0.6) is 0 Å². The Labute approximate surface area is 150 Å². The van der Waals surface area contributed by atoms with Crippen molar-refractivity contribution >= 4 is 11.9 Å². The van der Waals surface area contributed by atoms with Gasteiger partial charge < -0.3 is 10.1 Å². The Hall–Kier alpha value is -1.88. The van der Waals surface area contributed by atoms with Gasteiger partial charge in [-0.1, -0.05) is 49.6 Å². The first-order valence-corrected chi connectivity index (χ1v) is 9.00. The molecule has 138 valence electrons. The normalized spacial score (nSPS) is 18.2. The highest BCUT2D eigenvalue weighted by Crippen LogP contribution is 2.32. The molecule has 1 atom stereocenters. The quantitative estimate of drug-likeness (QED) is 0.804.